The third-order valence-corrected chi connectivity index (χ3v) is 6.86. The molecule has 0 spiro atoms. The van der Waals surface area contributed by atoms with Crippen molar-refractivity contribution in [2.24, 2.45) is 0 Å². The Hall–Kier alpha value is -0.720. The third-order valence-electron chi connectivity index (χ3n) is 3.94. The minimum absolute atomic E-state index is 0.00803. The highest BCUT2D eigenvalue weighted by Crippen LogP contribution is 2.31. The van der Waals surface area contributed by atoms with Crippen molar-refractivity contribution in [3.05, 3.63) is 22.8 Å². The Balaban J connectivity index is 3.41. The maximum Gasteiger partial charge on any atom is 0.243 e. The van der Waals surface area contributed by atoms with Crippen molar-refractivity contribution in [1.29, 1.82) is 0 Å². The van der Waals surface area contributed by atoms with Crippen LogP contribution in [0.2, 0.25) is 0 Å². The fourth-order valence-electron chi connectivity index (χ4n) is 2.59. The van der Waals surface area contributed by atoms with Crippen LogP contribution in [-0.2, 0) is 10.0 Å². The van der Waals surface area contributed by atoms with E-state index in [1.165, 1.54) is 4.31 Å². The minimum atomic E-state index is -3.53. The average molecular weight is 331 g/mol. The van der Waals surface area contributed by atoms with Crippen molar-refractivity contribution in [1.82, 2.24) is 4.31 Å². The van der Waals surface area contributed by atoms with Crippen LogP contribution in [0.4, 0.5) is 5.69 Å². The van der Waals surface area contributed by atoms with Gasteiger partial charge in [0.1, 0.15) is 0 Å². The molecule has 0 radical (unpaired) electrons. The molecule has 1 unspecified atom stereocenters. The predicted molar refractivity (Wildman–Crippen MR) is 92.5 cm³/mol. The largest absolute Gasteiger partial charge is 0.398 e. The Bertz CT molecular complexity index is 613. The van der Waals surface area contributed by atoms with Gasteiger partial charge in [-0.05, 0) is 50.1 Å². The molecule has 1 aromatic rings. The van der Waals surface area contributed by atoms with Gasteiger partial charge in [0.25, 0.3) is 0 Å². The predicted octanol–water partition coefficient (Wildman–Crippen LogP) is 2.96. The molecule has 2 N–H and O–H groups in total. The van der Waals surface area contributed by atoms with Gasteiger partial charge in [0.15, 0.2) is 0 Å². The van der Waals surface area contributed by atoms with Gasteiger partial charge < -0.3 is 5.73 Å². The number of sulfonamides is 1. The summed E-state index contributed by atoms with van der Waals surface area (Å²) >= 11 is 1.66. The molecule has 0 amide bonds. The maximum absolute atomic E-state index is 13.0. The third kappa shape index (κ3) is 3.55. The van der Waals surface area contributed by atoms with Gasteiger partial charge in [-0.1, -0.05) is 13.0 Å². The summed E-state index contributed by atoms with van der Waals surface area (Å²) < 4.78 is 27.4. The van der Waals surface area contributed by atoms with E-state index in [2.05, 4.69) is 0 Å². The molecule has 1 aromatic carbocycles. The van der Waals surface area contributed by atoms with Crippen molar-refractivity contribution in [3.8, 4) is 0 Å². The molecule has 0 aromatic heterocycles. The first-order valence-electron chi connectivity index (χ1n) is 7.01. The molecule has 1 atom stereocenters. The summed E-state index contributed by atoms with van der Waals surface area (Å²) in [7, 11) is -1.87. The minimum Gasteiger partial charge on any atom is -0.398 e. The van der Waals surface area contributed by atoms with Gasteiger partial charge in [-0.25, -0.2) is 8.42 Å². The highest BCUT2D eigenvalue weighted by molar-refractivity contribution is 7.98. The topological polar surface area (TPSA) is 63.4 Å². The van der Waals surface area contributed by atoms with E-state index in [-0.39, 0.29) is 6.04 Å². The SMILES string of the molecule is CCC(CSC)N(C)S(=O)(=O)c1c(C)cc(C)c(N)c1C. The van der Waals surface area contributed by atoms with Gasteiger partial charge in [-0.3, -0.25) is 0 Å². The Morgan fingerprint density at radius 1 is 1.29 bits per heavy atom. The number of anilines is 1. The molecule has 0 saturated carbocycles. The summed E-state index contributed by atoms with van der Waals surface area (Å²) in [6.45, 7) is 7.52. The molecule has 0 saturated heterocycles. The van der Waals surface area contributed by atoms with Crippen LogP contribution in [0.25, 0.3) is 0 Å². The van der Waals surface area contributed by atoms with Crippen LogP contribution in [0.5, 0.6) is 0 Å². The number of nitrogen functional groups attached to an aromatic ring is 1. The van der Waals surface area contributed by atoms with Crippen LogP contribution in [0, 0.1) is 20.8 Å². The van der Waals surface area contributed by atoms with Crippen molar-refractivity contribution in [2.75, 3.05) is 24.8 Å². The number of hydrogen-bond donors (Lipinski definition) is 1. The van der Waals surface area contributed by atoms with Crippen LogP contribution in [-0.4, -0.2) is 37.8 Å². The van der Waals surface area contributed by atoms with Crippen LogP contribution in [0.1, 0.15) is 30.0 Å². The molecule has 0 fully saturated rings. The van der Waals surface area contributed by atoms with E-state index in [4.69, 9.17) is 5.73 Å². The summed E-state index contributed by atoms with van der Waals surface area (Å²) in [5.74, 6) is 0.783. The van der Waals surface area contributed by atoms with Crippen LogP contribution in [0.15, 0.2) is 11.0 Å². The standard InChI is InChI=1S/C15H26N2O2S2/c1-7-13(9-20-6)17(5)21(18,19)15-11(3)8-10(2)14(16)12(15)4/h8,13H,7,9,16H2,1-6H3. The van der Waals surface area contributed by atoms with Crippen molar-refractivity contribution in [3.63, 3.8) is 0 Å². The van der Waals surface area contributed by atoms with E-state index in [1.54, 1.807) is 25.7 Å². The van der Waals surface area contributed by atoms with E-state index in [1.807, 2.05) is 33.1 Å². The van der Waals surface area contributed by atoms with Crippen LogP contribution < -0.4 is 5.73 Å². The molecule has 120 valence electrons. The number of hydrogen-bond acceptors (Lipinski definition) is 4. The molecule has 0 aliphatic carbocycles. The van der Waals surface area contributed by atoms with Gasteiger partial charge in [-0.2, -0.15) is 16.1 Å². The van der Waals surface area contributed by atoms with Crippen molar-refractivity contribution in [2.45, 2.75) is 45.1 Å². The monoisotopic (exact) mass is 330 g/mol. The Labute approximate surface area is 133 Å². The summed E-state index contributed by atoms with van der Waals surface area (Å²) in [4.78, 5) is 0.354. The second-order valence-corrected chi connectivity index (χ2v) is 8.26. The average Bonchev–Trinajstić information content (AvgIpc) is 2.41. The Morgan fingerprint density at radius 2 is 1.86 bits per heavy atom. The highest BCUT2D eigenvalue weighted by atomic mass is 32.2. The summed E-state index contributed by atoms with van der Waals surface area (Å²) in [6.07, 6.45) is 2.78. The van der Waals surface area contributed by atoms with Gasteiger partial charge in [0, 0.05) is 24.5 Å². The summed E-state index contributed by atoms with van der Waals surface area (Å²) in [5, 5.41) is 0. The lowest BCUT2D eigenvalue weighted by Crippen LogP contribution is -2.39. The molecule has 0 bridgehead atoms. The normalized spacial score (nSPS) is 13.7. The second-order valence-electron chi connectivity index (χ2n) is 5.42. The zero-order valence-electron chi connectivity index (χ0n) is 13.7. The van der Waals surface area contributed by atoms with Crippen molar-refractivity contribution >= 4 is 27.5 Å². The van der Waals surface area contributed by atoms with Crippen LogP contribution >= 0.6 is 11.8 Å². The van der Waals surface area contributed by atoms with E-state index in [0.717, 1.165) is 23.3 Å². The zero-order chi connectivity index (χ0) is 16.4. The van der Waals surface area contributed by atoms with Gasteiger partial charge in [0.05, 0.1) is 4.90 Å². The zero-order valence-corrected chi connectivity index (χ0v) is 15.4. The number of thioether (sulfide) groups is 1. The number of rotatable bonds is 6. The smallest absolute Gasteiger partial charge is 0.243 e. The van der Waals surface area contributed by atoms with Crippen molar-refractivity contribution < 1.29 is 8.42 Å². The van der Waals surface area contributed by atoms with E-state index >= 15 is 0 Å². The molecule has 0 aliphatic rings. The fourth-order valence-corrected chi connectivity index (χ4v) is 5.40. The van der Waals surface area contributed by atoms with Gasteiger partial charge in [0.2, 0.25) is 10.0 Å². The molecule has 6 heteroatoms. The first-order chi connectivity index (χ1) is 9.68. The van der Waals surface area contributed by atoms with Gasteiger partial charge >= 0.3 is 0 Å². The molecule has 21 heavy (non-hydrogen) atoms. The number of benzene rings is 1. The van der Waals surface area contributed by atoms with Crippen LogP contribution in [0.3, 0.4) is 0 Å². The van der Waals surface area contributed by atoms with Gasteiger partial charge in [-0.15, -0.1) is 0 Å². The van der Waals surface area contributed by atoms with E-state index < -0.39 is 10.0 Å². The molecule has 0 heterocycles. The summed E-state index contributed by atoms with van der Waals surface area (Å²) in [6, 6.07) is 1.84. The Morgan fingerprint density at radius 3 is 2.33 bits per heavy atom. The maximum atomic E-state index is 13.0. The van der Waals surface area contributed by atoms with E-state index in [9.17, 15) is 8.42 Å². The van der Waals surface area contributed by atoms with E-state index in [0.29, 0.717) is 16.1 Å². The lowest BCUT2D eigenvalue weighted by molar-refractivity contribution is 0.385. The fraction of sp³-hybridized carbons (Fsp3) is 0.600. The number of nitrogens with zero attached hydrogens (tertiary/aromatic N) is 1. The molecule has 1 rings (SSSR count). The number of nitrogens with two attached hydrogens (primary N) is 1. The Kier molecular flexibility index (Phi) is 6.13. The molecular weight excluding hydrogens is 304 g/mol. The first kappa shape index (κ1) is 18.3. The molecule has 0 aliphatic heterocycles. The molecular formula is C15H26N2O2S2. The lowest BCUT2D eigenvalue weighted by Gasteiger charge is -2.28. The first-order valence-corrected chi connectivity index (χ1v) is 9.85. The second kappa shape index (κ2) is 7.03. The summed E-state index contributed by atoms with van der Waals surface area (Å²) in [5.41, 5.74) is 8.91. The molecule has 4 nitrogen and oxygen atoms in total. The lowest BCUT2D eigenvalue weighted by atomic mass is 10.1. The number of aryl methyl sites for hydroxylation is 2. The highest BCUT2D eigenvalue weighted by Gasteiger charge is 2.30. The quantitative estimate of drug-likeness (QED) is 0.815.